The summed E-state index contributed by atoms with van der Waals surface area (Å²) in [5.74, 6) is -1.77. The number of benzene rings is 1. The molecule has 0 fully saturated rings. The van der Waals surface area contributed by atoms with Gasteiger partial charge in [-0.1, -0.05) is 12.1 Å². The number of hydrogen-bond donors (Lipinski definition) is 1. The molecule has 2 N–H and O–H groups in total. The average Bonchev–Trinajstić information content (AvgIpc) is 2.36. The summed E-state index contributed by atoms with van der Waals surface area (Å²) >= 11 is 0. The van der Waals surface area contributed by atoms with E-state index in [4.69, 9.17) is 5.73 Å². The first-order valence-corrected chi connectivity index (χ1v) is 5.08. The van der Waals surface area contributed by atoms with Gasteiger partial charge in [-0.25, -0.2) is 8.78 Å². The van der Waals surface area contributed by atoms with Crippen LogP contribution in [0.1, 0.15) is 22.7 Å². The molecule has 0 saturated heterocycles. The molecule has 1 aromatic heterocycles. The Bertz CT molecular complexity index is 529. The standard InChI is InChI=1S/C12H11F2N3/c1-7-2-3-9(11(14)10(7)13)12(15)8-4-5-16-17-6-8/h2-6,12H,15H2,1H3. The van der Waals surface area contributed by atoms with Gasteiger partial charge >= 0.3 is 0 Å². The van der Waals surface area contributed by atoms with Gasteiger partial charge in [-0.05, 0) is 24.1 Å². The lowest BCUT2D eigenvalue weighted by atomic mass is 9.99. The van der Waals surface area contributed by atoms with E-state index in [1.54, 1.807) is 6.07 Å². The highest BCUT2D eigenvalue weighted by Crippen LogP contribution is 2.24. The summed E-state index contributed by atoms with van der Waals surface area (Å²) in [6, 6.07) is 3.86. The van der Waals surface area contributed by atoms with Crippen LogP contribution >= 0.6 is 0 Å². The van der Waals surface area contributed by atoms with Crippen LogP contribution in [0.25, 0.3) is 0 Å². The van der Waals surface area contributed by atoms with Crippen molar-refractivity contribution in [2.24, 2.45) is 5.73 Å². The summed E-state index contributed by atoms with van der Waals surface area (Å²) in [5.41, 5.74) is 6.81. The van der Waals surface area contributed by atoms with Crippen molar-refractivity contribution in [3.63, 3.8) is 0 Å². The number of aromatic nitrogens is 2. The summed E-state index contributed by atoms with van der Waals surface area (Å²) in [5, 5.41) is 7.26. The number of nitrogens with two attached hydrogens (primary N) is 1. The Morgan fingerprint density at radius 1 is 1.12 bits per heavy atom. The van der Waals surface area contributed by atoms with Gasteiger partial charge in [-0.2, -0.15) is 10.2 Å². The van der Waals surface area contributed by atoms with E-state index in [9.17, 15) is 8.78 Å². The van der Waals surface area contributed by atoms with Crippen LogP contribution in [0.15, 0.2) is 30.6 Å². The topological polar surface area (TPSA) is 51.8 Å². The van der Waals surface area contributed by atoms with Crippen LogP contribution in [0.4, 0.5) is 8.78 Å². The monoisotopic (exact) mass is 235 g/mol. The van der Waals surface area contributed by atoms with E-state index in [1.165, 1.54) is 31.5 Å². The van der Waals surface area contributed by atoms with Gasteiger partial charge in [-0.3, -0.25) is 0 Å². The molecule has 0 saturated carbocycles. The van der Waals surface area contributed by atoms with Gasteiger partial charge in [0, 0.05) is 11.8 Å². The van der Waals surface area contributed by atoms with Crippen molar-refractivity contribution in [3.8, 4) is 0 Å². The summed E-state index contributed by atoms with van der Waals surface area (Å²) in [4.78, 5) is 0. The van der Waals surface area contributed by atoms with E-state index >= 15 is 0 Å². The van der Waals surface area contributed by atoms with Gasteiger partial charge in [0.05, 0.1) is 12.2 Å². The summed E-state index contributed by atoms with van der Waals surface area (Å²) in [7, 11) is 0. The first kappa shape index (κ1) is 11.6. The minimum absolute atomic E-state index is 0.112. The van der Waals surface area contributed by atoms with Crippen LogP contribution in [-0.2, 0) is 0 Å². The predicted octanol–water partition coefficient (Wildman–Crippen LogP) is 2.11. The maximum atomic E-state index is 13.7. The molecule has 3 nitrogen and oxygen atoms in total. The fourth-order valence-electron chi connectivity index (χ4n) is 1.57. The van der Waals surface area contributed by atoms with E-state index in [-0.39, 0.29) is 11.1 Å². The first-order chi connectivity index (χ1) is 8.11. The fraction of sp³-hybridized carbons (Fsp3) is 0.167. The smallest absolute Gasteiger partial charge is 0.164 e. The molecule has 5 heteroatoms. The molecule has 88 valence electrons. The lowest BCUT2D eigenvalue weighted by Gasteiger charge is -2.13. The maximum Gasteiger partial charge on any atom is 0.164 e. The van der Waals surface area contributed by atoms with Crippen molar-refractivity contribution in [3.05, 3.63) is 58.9 Å². The van der Waals surface area contributed by atoms with E-state index in [1.807, 2.05) is 0 Å². The normalized spacial score (nSPS) is 12.5. The minimum atomic E-state index is -0.908. The van der Waals surface area contributed by atoms with E-state index in [0.717, 1.165) is 0 Å². The molecule has 2 aromatic rings. The molecule has 0 bridgehead atoms. The fourth-order valence-corrected chi connectivity index (χ4v) is 1.57. The van der Waals surface area contributed by atoms with Crippen molar-refractivity contribution in [2.45, 2.75) is 13.0 Å². The third-order valence-electron chi connectivity index (χ3n) is 2.61. The molecule has 0 spiro atoms. The highest BCUT2D eigenvalue weighted by molar-refractivity contribution is 5.33. The largest absolute Gasteiger partial charge is 0.320 e. The summed E-state index contributed by atoms with van der Waals surface area (Å²) < 4.78 is 27.1. The van der Waals surface area contributed by atoms with Crippen LogP contribution in [0.5, 0.6) is 0 Å². The number of rotatable bonds is 2. The Kier molecular flexibility index (Phi) is 3.10. The van der Waals surface area contributed by atoms with E-state index in [0.29, 0.717) is 5.56 Å². The van der Waals surface area contributed by atoms with Gasteiger partial charge in [0.1, 0.15) is 0 Å². The molecule has 0 amide bonds. The molecule has 1 heterocycles. The zero-order chi connectivity index (χ0) is 12.4. The van der Waals surface area contributed by atoms with Crippen LogP contribution in [0.2, 0.25) is 0 Å². The lowest BCUT2D eigenvalue weighted by molar-refractivity contribution is 0.489. The Balaban J connectivity index is 2.45. The Morgan fingerprint density at radius 3 is 2.53 bits per heavy atom. The molecular weight excluding hydrogens is 224 g/mol. The average molecular weight is 235 g/mol. The molecule has 0 aliphatic carbocycles. The van der Waals surface area contributed by atoms with E-state index < -0.39 is 17.7 Å². The summed E-state index contributed by atoms with van der Waals surface area (Å²) in [6.07, 6.45) is 2.89. The number of aryl methyl sites for hydroxylation is 1. The molecule has 17 heavy (non-hydrogen) atoms. The highest BCUT2D eigenvalue weighted by atomic mass is 19.2. The zero-order valence-corrected chi connectivity index (χ0v) is 9.19. The molecule has 0 aliphatic heterocycles. The molecule has 0 radical (unpaired) electrons. The molecule has 1 unspecified atom stereocenters. The van der Waals surface area contributed by atoms with Crippen LogP contribution in [0.3, 0.4) is 0 Å². The lowest BCUT2D eigenvalue weighted by Crippen LogP contribution is -2.15. The number of hydrogen-bond acceptors (Lipinski definition) is 3. The summed E-state index contributed by atoms with van der Waals surface area (Å²) in [6.45, 7) is 1.50. The van der Waals surface area contributed by atoms with Crippen molar-refractivity contribution < 1.29 is 8.78 Å². The number of nitrogens with zero attached hydrogens (tertiary/aromatic N) is 2. The second-order valence-corrected chi connectivity index (χ2v) is 3.75. The quantitative estimate of drug-likeness (QED) is 0.867. The second kappa shape index (κ2) is 4.55. The van der Waals surface area contributed by atoms with E-state index in [2.05, 4.69) is 10.2 Å². The van der Waals surface area contributed by atoms with Gasteiger partial charge in [-0.15, -0.1) is 0 Å². The van der Waals surface area contributed by atoms with Gasteiger partial charge in [0.15, 0.2) is 11.6 Å². The third-order valence-corrected chi connectivity index (χ3v) is 2.61. The minimum Gasteiger partial charge on any atom is -0.320 e. The second-order valence-electron chi connectivity index (χ2n) is 3.75. The Hall–Kier alpha value is -1.88. The SMILES string of the molecule is Cc1ccc(C(N)c2ccnnc2)c(F)c1F. The predicted molar refractivity (Wildman–Crippen MR) is 59.2 cm³/mol. The molecule has 0 aliphatic rings. The molecule has 1 atom stereocenters. The van der Waals surface area contributed by atoms with Gasteiger partial charge in [0.2, 0.25) is 0 Å². The van der Waals surface area contributed by atoms with Gasteiger partial charge < -0.3 is 5.73 Å². The molecule has 1 aromatic carbocycles. The number of halogens is 2. The third kappa shape index (κ3) is 2.14. The van der Waals surface area contributed by atoms with Crippen LogP contribution in [0, 0.1) is 18.6 Å². The van der Waals surface area contributed by atoms with Gasteiger partial charge in [0.25, 0.3) is 0 Å². The van der Waals surface area contributed by atoms with Crippen molar-refractivity contribution in [1.29, 1.82) is 0 Å². The molecular formula is C12H11F2N3. The van der Waals surface area contributed by atoms with Crippen molar-refractivity contribution >= 4 is 0 Å². The van der Waals surface area contributed by atoms with Crippen LogP contribution < -0.4 is 5.73 Å². The maximum absolute atomic E-state index is 13.7. The van der Waals surface area contributed by atoms with Crippen molar-refractivity contribution in [1.82, 2.24) is 10.2 Å². The van der Waals surface area contributed by atoms with Crippen molar-refractivity contribution in [2.75, 3.05) is 0 Å². The van der Waals surface area contributed by atoms with Crippen LogP contribution in [-0.4, -0.2) is 10.2 Å². The zero-order valence-electron chi connectivity index (χ0n) is 9.19. The Morgan fingerprint density at radius 2 is 1.88 bits per heavy atom. The molecule has 2 rings (SSSR count). The first-order valence-electron chi connectivity index (χ1n) is 5.08. The highest BCUT2D eigenvalue weighted by Gasteiger charge is 2.18. The Labute approximate surface area is 97.3 Å².